The highest BCUT2D eigenvalue weighted by Crippen LogP contribution is 2.29. The monoisotopic (exact) mass is 388 g/mol. The van der Waals surface area contributed by atoms with Gasteiger partial charge in [-0.2, -0.15) is 4.31 Å². The third-order valence-corrected chi connectivity index (χ3v) is 8.61. The number of sulfone groups is 1. The van der Waals surface area contributed by atoms with Gasteiger partial charge in [-0.1, -0.05) is 6.07 Å². The molecule has 2 heterocycles. The summed E-state index contributed by atoms with van der Waals surface area (Å²) in [6.45, 7) is 3.66. The summed E-state index contributed by atoms with van der Waals surface area (Å²) in [4.78, 5) is 2.29. The second kappa shape index (κ2) is 6.86. The van der Waals surface area contributed by atoms with Gasteiger partial charge in [-0.3, -0.25) is 4.90 Å². The third-order valence-electron chi connectivity index (χ3n) is 4.93. The highest BCUT2D eigenvalue weighted by atomic mass is 32.2. The van der Waals surface area contributed by atoms with Crippen LogP contribution in [0.1, 0.15) is 12.0 Å². The van der Waals surface area contributed by atoms with E-state index < -0.39 is 19.9 Å². The van der Waals surface area contributed by atoms with Gasteiger partial charge >= 0.3 is 0 Å². The van der Waals surface area contributed by atoms with Gasteiger partial charge in [-0.15, -0.1) is 0 Å². The Morgan fingerprint density at radius 3 is 2.40 bits per heavy atom. The number of ether oxygens (including phenoxy) is 1. The number of hydrogen-bond donors (Lipinski definition) is 0. The molecule has 0 aliphatic carbocycles. The van der Waals surface area contributed by atoms with Crippen LogP contribution in [0.25, 0.3) is 0 Å². The van der Waals surface area contributed by atoms with Crippen LogP contribution in [0, 0.1) is 6.92 Å². The molecule has 0 aromatic heterocycles. The topological polar surface area (TPSA) is 84.0 Å². The summed E-state index contributed by atoms with van der Waals surface area (Å²) in [5.41, 5.74) is 0.856. The molecule has 1 aromatic rings. The molecule has 2 aliphatic rings. The van der Waals surface area contributed by atoms with Crippen molar-refractivity contribution in [2.75, 3.05) is 44.8 Å². The van der Waals surface area contributed by atoms with Crippen LogP contribution in [0.3, 0.4) is 0 Å². The van der Waals surface area contributed by atoms with Crippen LogP contribution in [-0.2, 0) is 19.9 Å². The standard InChI is InChI=1S/C16H24N2O5S2/c1-13-3-4-15(23-2)16(11-13)25(21,22)18-8-6-17(7-9-18)14-5-10-24(19,20)12-14/h3-4,11,14H,5-10,12H2,1-2H3. The van der Waals surface area contributed by atoms with Crippen LogP contribution in [0.5, 0.6) is 5.75 Å². The van der Waals surface area contributed by atoms with Crippen molar-refractivity contribution in [3.63, 3.8) is 0 Å². The number of benzene rings is 1. The Hall–Kier alpha value is -1.16. The molecule has 1 atom stereocenters. The van der Waals surface area contributed by atoms with Crippen molar-refractivity contribution in [3.05, 3.63) is 23.8 Å². The quantitative estimate of drug-likeness (QED) is 0.747. The zero-order chi connectivity index (χ0) is 18.2. The highest BCUT2D eigenvalue weighted by Gasteiger charge is 2.36. The predicted molar refractivity (Wildman–Crippen MR) is 95.1 cm³/mol. The predicted octanol–water partition coefficient (Wildman–Crippen LogP) is 0.497. The van der Waals surface area contributed by atoms with Crippen LogP contribution in [0.2, 0.25) is 0 Å². The molecule has 140 valence electrons. The molecule has 1 unspecified atom stereocenters. The lowest BCUT2D eigenvalue weighted by Crippen LogP contribution is -2.52. The molecule has 0 saturated carbocycles. The molecule has 3 rings (SSSR count). The van der Waals surface area contributed by atoms with E-state index in [4.69, 9.17) is 4.74 Å². The molecule has 0 bridgehead atoms. The minimum atomic E-state index is -3.63. The Balaban J connectivity index is 1.73. The Morgan fingerprint density at radius 2 is 1.84 bits per heavy atom. The molecule has 0 radical (unpaired) electrons. The van der Waals surface area contributed by atoms with E-state index in [2.05, 4.69) is 4.90 Å². The van der Waals surface area contributed by atoms with E-state index in [9.17, 15) is 16.8 Å². The van der Waals surface area contributed by atoms with Crippen molar-refractivity contribution in [2.45, 2.75) is 24.3 Å². The van der Waals surface area contributed by atoms with E-state index in [1.54, 1.807) is 12.1 Å². The van der Waals surface area contributed by atoms with Gasteiger partial charge in [0.1, 0.15) is 10.6 Å². The lowest BCUT2D eigenvalue weighted by atomic mass is 10.2. The minimum absolute atomic E-state index is 0.0170. The smallest absolute Gasteiger partial charge is 0.246 e. The molecule has 0 N–H and O–H groups in total. The fourth-order valence-electron chi connectivity index (χ4n) is 3.50. The molecule has 2 saturated heterocycles. The molecule has 2 aliphatic heterocycles. The molecule has 9 heteroatoms. The summed E-state index contributed by atoms with van der Waals surface area (Å²) in [5.74, 6) is 0.761. The second-order valence-corrected chi connectivity index (χ2v) is 10.8. The largest absolute Gasteiger partial charge is 0.495 e. The van der Waals surface area contributed by atoms with Crippen molar-refractivity contribution in [2.24, 2.45) is 0 Å². The summed E-state index contributed by atoms with van der Waals surface area (Å²) < 4.78 is 55.9. The molecular weight excluding hydrogens is 364 g/mol. The fourth-order valence-corrected chi connectivity index (χ4v) is 6.92. The number of rotatable bonds is 4. The molecule has 0 amide bonds. The molecular formula is C16H24N2O5S2. The van der Waals surface area contributed by atoms with Gasteiger partial charge in [0.15, 0.2) is 9.84 Å². The average Bonchev–Trinajstić information content (AvgIpc) is 2.95. The Kier molecular flexibility index (Phi) is 5.11. The van der Waals surface area contributed by atoms with E-state index in [-0.39, 0.29) is 22.4 Å². The normalized spacial score (nSPS) is 25.1. The average molecular weight is 389 g/mol. The summed E-state index contributed by atoms with van der Waals surface area (Å²) in [6.07, 6.45) is 0.640. The number of methoxy groups -OCH3 is 1. The Labute approximate surface area is 149 Å². The van der Waals surface area contributed by atoms with Crippen molar-refractivity contribution in [1.82, 2.24) is 9.21 Å². The van der Waals surface area contributed by atoms with Crippen molar-refractivity contribution < 1.29 is 21.6 Å². The van der Waals surface area contributed by atoms with Crippen molar-refractivity contribution >= 4 is 19.9 Å². The summed E-state index contributed by atoms with van der Waals surface area (Å²) in [6, 6.07) is 5.13. The van der Waals surface area contributed by atoms with E-state index in [1.165, 1.54) is 11.4 Å². The van der Waals surface area contributed by atoms with E-state index in [1.807, 2.05) is 13.0 Å². The number of sulfonamides is 1. The number of aryl methyl sites for hydroxylation is 1. The van der Waals surface area contributed by atoms with Crippen LogP contribution < -0.4 is 4.74 Å². The van der Waals surface area contributed by atoms with Crippen LogP contribution in [0.15, 0.2) is 23.1 Å². The fraction of sp³-hybridized carbons (Fsp3) is 0.625. The number of nitrogens with zero attached hydrogens (tertiary/aromatic N) is 2. The lowest BCUT2D eigenvalue weighted by molar-refractivity contribution is 0.148. The zero-order valence-corrected chi connectivity index (χ0v) is 16.1. The minimum Gasteiger partial charge on any atom is -0.495 e. The van der Waals surface area contributed by atoms with Gasteiger partial charge in [0.05, 0.1) is 18.6 Å². The maximum absolute atomic E-state index is 13.0. The third kappa shape index (κ3) is 3.84. The van der Waals surface area contributed by atoms with Gasteiger partial charge in [0.2, 0.25) is 10.0 Å². The molecule has 25 heavy (non-hydrogen) atoms. The Bertz CT molecular complexity index is 843. The SMILES string of the molecule is COc1ccc(C)cc1S(=O)(=O)N1CCN(C2CCS(=O)(=O)C2)CC1. The maximum Gasteiger partial charge on any atom is 0.246 e. The van der Waals surface area contributed by atoms with Crippen LogP contribution in [-0.4, -0.2) is 76.9 Å². The second-order valence-electron chi connectivity index (χ2n) is 6.65. The van der Waals surface area contributed by atoms with Crippen molar-refractivity contribution in [3.8, 4) is 5.75 Å². The number of hydrogen-bond acceptors (Lipinski definition) is 6. The molecule has 0 spiro atoms. The maximum atomic E-state index is 13.0. The summed E-state index contributed by atoms with van der Waals surface area (Å²) in [7, 11) is -5.11. The van der Waals surface area contributed by atoms with E-state index >= 15 is 0 Å². The lowest BCUT2D eigenvalue weighted by Gasteiger charge is -2.37. The van der Waals surface area contributed by atoms with Crippen molar-refractivity contribution in [1.29, 1.82) is 0 Å². The first kappa shape index (κ1) is 18.6. The molecule has 2 fully saturated rings. The van der Waals surface area contributed by atoms with Gasteiger partial charge in [-0.05, 0) is 31.0 Å². The van der Waals surface area contributed by atoms with Gasteiger partial charge < -0.3 is 4.74 Å². The molecule has 1 aromatic carbocycles. The van der Waals surface area contributed by atoms with Crippen LogP contribution >= 0.6 is 0 Å². The zero-order valence-electron chi connectivity index (χ0n) is 14.5. The van der Waals surface area contributed by atoms with Gasteiger partial charge in [0.25, 0.3) is 0 Å². The van der Waals surface area contributed by atoms with Gasteiger partial charge in [0, 0.05) is 32.2 Å². The first-order valence-electron chi connectivity index (χ1n) is 8.32. The first-order valence-corrected chi connectivity index (χ1v) is 11.6. The van der Waals surface area contributed by atoms with E-state index in [0.717, 1.165) is 5.56 Å². The van der Waals surface area contributed by atoms with E-state index in [0.29, 0.717) is 38.3 Å². The van der Waals surface area contributed by atoms with Crippen LogP contribution in [0.4, 0.5) is 0 Å². The molecule has 7 nitrogen and oxygen atoms in total. The van der Waals surface area contributed by atoms with Gasteiger partial charge in [-0.25, -0.2) is 16.8 Å². The summed E-state index contributed by atoms with van der Waals surface area (Å²) >= 11 is 0. The summed E-state index contributed by atoms with van der Waals surface area (Å²) in [5, 5.41) is 0. The highest BCUT2D eigenvalue weighted by molar-refractivity contribution is 7.91. The number of piperazine rings is 1. The Morgan fingerprint density at radius 1 is 1.16 bits per heavy atom. The first-order chi connectivity index (χ1) is 11.7.